The van der Waals surface area contributed by atoms with E-state index in [2.05, 4.69) is 4.74 Å². The molecule has 0 aliphatic rings. The van der Waals surface area contributed by atoms with Gasteiger partial charge in [0.05, 0.1) is 12.7 Å². The quantitative estimate of drug-likeness (QED) is 0.584. The van der Waals surface area contributed by atoms with Crippen LogP contribution < -0.4 is 0 Å². The van der Waals surface area contributed by atoms with E-state index in [-0.39, 0.29) is 0 Å². The van der Waals surface area contributed by atoms with E-state index in [0.29, 0.717) is 23.4 Å². The van der Waals surface area contributed by atoms with Crippen LogP contribution in [-0.2, 0) is 16.0 Å². The van der Waals surface area contributed by atoms with E-state index in [1.807, 2.05) is 0 Å². The SMILES string of the molecule is COC(=O)c1ccc(Cl)c(CCC=O)c1. The zero-order valence-corrected chi connectivity index (χ0v) is 9.08. The van der Waals surface area contributed by atoms with Crippen LogP contribution in [0, 0.1) is 0 Å². The number of carbonyl (C=O) groups excluding carboxylic acids is 2. The Balaban J connectivity index is 2.94. The molecule has 1 rings (SSSR count). The Morgan fingerprint density at radius 2 is 2.27 bits per heavy atom. The summed E-state index contributed by atoms with van der Waals surface area (Å²) in [6.45, 7) is 0. The summed E-state index contributed by atoms with van der Waals surface area (Å²) in [4.78, 5) is 21.4. The van der Waals surface area contributed by atoms with Gasteiger partial charge in [-0.05, 0) is 30.2 Å². The van der Waals surface area contributed by atoms with Crippen LogP contribution >= 0.6 is 11.6 Å². The van der Waals surface area contributed by atoms with E-state index in [1.54, 1.807) is 18.2 Å². The lowest BCUT2D eigenvalue weighted by atomic mass is 10.1. The Morgan fingerprint density at radius 1 is 1.53 bits per heavy atom. The molecule has 0 spiro atoms. The zero-order chi connectivity index (χ0) is 11.3. The Morgan fingerprint density at radius 3 is 2.87 bits per heavy atom. The molecule has 0 saturated carbocycles. The van der Waals surface area contributed by atoms with Crippen molar-refractivity contribution in [1.82, 2.24) is 0 Å². The number of hydrogen-bond acceptors (Lipinski definition) is 3. The maximum atomic E-state index is 11.2. The summed E-state index contributed by atoms with van der Waals surface area (Å²) in [6, 6.07) is 4.88. The third-order valence-electron chi connectivity index (χ3n) is 2.00. The number of aryl methyl sites for hydroxylation is 1. The average molecular weight is 227 g/mol. The Labute approximate surface area is 93.0 Å². The van der Waals surface area contributed by atoms with Crippen molar-refractivity contribution >= 4 is 23.9 Å². The zero-order valence-electron chi connectivity index (χ0n) is 8.33. The molecule has 0 aliphatic heterocycles. The second-order valence-electron chi connectivity index (χ2n) is 3.00. The summed E-state index contributed by atoms with van der Waals surface area (Å²) in [7, 11) is 1.32. The fourth-order valence-corrected chi connectivity index (χ4v) is 1.44. The Hall–Kier alpha value is -1.35. The second-order valence-corrected chi connectivity index (χ2v) is 3.41. The molecule has 0 aromatic heterocycles. The molecule has 0 fully saturated rings. The monoisotopic (exact) mass is 226 g/mol. The third-order valence-corrected chi connectivity index (χ3v) is 2.37. The number of halogens is 1. The number of hydrogen-bond donors (Lipinski definition) is 0. The van der Waals surface area contributed by atoms with Gasteiger partial charge in [0, 0.05) is 11.4 Å². The summed E-state index contributed by atoms with van der Waals surface area (Å²) in [6.07, 6.45) is 1.75. The standard InChI is InChI=1S/C11H11ClO3/c1-15-11(14)9-4-5-10(12)8(7-9)3-2-6-13/h4-7H,2-3H2,1H3. The topological polar surface area (TPSA) is 43.4 Å². The van der Waals surface area contributed by atoms with Gasteiger partial charge in [-0.25, -0.2) is 4.79 Å². The highest BCUT2D eigenvalue weighted by Crippen LogP contribution is 2.19. The molecule has 0 atom stereocenters. The summed E-state index contributed by atoms with van der Waals surface area (Å²) < 4.78 is 4.58. The first-order valence-corrected chi connectivity index (χ1v) is 4.87. The van der Waals surface area contributed by atoms with Crippen molar-refractivity contribution in [2.45, 2.75) is 12.8 Å². The van der Waals surface area contributed by atoms with Crippen LogP contribution in [-0.4, -0.2) is 19.4 Å². The predicted molar refractivity (Wildman–Crippen MR) is 57.2 cm³/mol. The molecular weight excluding hydrogens is 216 g/mol. The summed E-state index contributed by atoms with van der Waals surface area (Å²) in [5, 5.41) is 0.560. The van der Waals surface area contributed by atoms with Gasteiger partial charge in [-0.1, -0.05) is 11.6 Å². The fourth-order valence-electron chi connectivity index (χ4n) is 1.23. The normalized spacial score (nSPS) is 9.73. The van der Waals surface area contributed by atoms with Gasteiger partial charge in [0.15, 0.2) is 0 Å². The molecule has 0 amide bonds. The van der Waals surface area contributed by atoms with Crippen molar-refractivity contribution in [1.29, 1.82) is 0 Å². The summed E-state index contributed by atoms with van der Waals surface area (Å²) >= 11 is 5.91. The van der Waals surface area contributed by atoms with Gasteiger partial charge in [-0.2, -0.15) is 0 Å². The fraction of sp³-hybridized carbons (Fsp3) is 0.273. The van der Waals surface area contributed by atoms with E-state index in [4.69, 9.17) is 11.6 Å². The number of esters is 1. The first kappa shape index (κ1) is 11.7. The smallest absolute Gasteiger partial charge is 0.337 e. The molecule has 0 saturated heterocycles. The number of carbonyl (C=O) groups is 2. The molecular formula is C11H11ClO3. The number of ether oxygens (including phenoxy) is 1. The van der Waals surface area contributed by atoms with Gasteiger partial charge >= 0.3 is 5.97 Å². The molecule has 4 heteroatoms. The first-order valence-electron chi connectivity index (χ1n) is 4.49. The van der Waals surface area contributed by atoms with Crippen LogP contribution in [0.25, 0.3) is 0 Å². The van der Waals surface area contributed by atoms with Gasteiger partial charge in [-0.15, -0.1) is 0 Å². The van der Waals surface area contributed by atoms with Crippen molar-refractivity contribution in [2.75, 3.05) is 7.11 Å². The largest absolute Gasteiger partial charge is 0.465 e. The highest BCUT2D eigenvalue weighted by Gasteiger charge is 2.08. The molecule has 3 nitrogen and oxygen atoms in total. The van der Waals surface area contributed by atoms with Crippen LogP contribution in [0.1, 0.15) is 22.3 Å². The summed E-state index contributed by atoms with van der Waals surface area (Å²) in [5.41, 5.74) is 1.23. The van der Waals surface area contributed by atoms with Gasteiger partial charge in [-0.3, -0.25) is 0 Å². The Kier molecular flexibility index (Phi) is 4.31. The molecule has 0 N–H and O–H groups in total. The highest BCUT2D eigenvalue weighted by molar-refractivity contribution is 6.31. The molecule has 1 aromatic carbocycles. The minimum atomic E-state index is -0.404. The van der Waals surface area contributed by atoms with Crippen molar-refractivity contribution in [3.05, 3.63) is 34.3 Å². The van der Waals surface area contributed by atoms with Crippen molar-refractivity contribution in [2.24, 2.45) is 0 Å². The van der Waals surface area contributed by atoms with Crippen molar-refractivity contribution in [3.63, 3.8) is 0 Å². The number of rotatable bonds is 4. The lowest BCUT2D eigenvalue weighted by molar-refractivity contribution is -0.107. The van der Waals surface area contributed by atoms with Gasteiger partial charge in [0.2, 0.25) is 0 Å². The highest BCUT2D eigenvalue weighted by atomic mass is 35.5. The van der Waals surface area contributed by atoms with Crippen LogP contribution in [0.3, 0.4) is 0 Å². The van der Waals surface area contributed by atoms with Crippen LogP contribution in [0.4, 0.5) is 0 Å². The molecule has 0 aliphatic carbocycles. The number of methoxy groups -OCH3 is 1. The summed E-state index contributed by atoms with van der Waals surface area (Å²) in [5.74, 6) is -0.404. The maximum Gasteiger partial charge on any atom is 0.337 e. The molecule has 0 unspecified atom stereocenters. The van der Waals surface area contributed by atoms with Gasteiger partial charge in [0.1, 0.15) is 6.29 Å². The van der Waals surface area contributed by atoms with Gasteiger partial charge in [0.25, 0.3) is 0 Å². The molecule has 0 bridgehead atoms. The maximum absolute atomic E-state index is 11.2. The van der Waals surface area contributed by atoms with E-state index in [0.717, 1.165) is 11.8 Å². The van der Waals surface area contributed by atoms with Crippen LogP contribution in [0.15, 0.2) is 18.2 Å². The lowest BCUT2D eigenvalue weighted by Gasteiger charge is -2.04. The molecule has 0 radical (unpaired) electrons. The number of benzene rings is 1. The van der Waals surface area contributed by atoms with Crippen molar-refractivity contribution in [3.8, 4) is 0 Å². The minimum Gasteiger partial charge on any atom is -0.465 e. The van der Waals surface area contributed by atoms with E-state index in [1.165, 1.54) is 7.11 Å². The van der Waals surface area contributed by atoms with Crippen molar-refractivity contribution < 1.29 is 14.3 Å². The lowest BCUT2D eigenvalue weighted by Crippen LogP contribution is -2.02. The van der Waals surface area contributed by atoms with E-state index < -0.39 is 5.97 Å². The molecule has 80 valence electrons. The van der Waals surface area contributed by atoms with E-state index >= 15 is 0 Å². The Bertz CT molecular complexity index is 374. The molecule has 1 aromatic rings. The average Bonchev–Trinajstić information content (AvgIpc) is 2.27. The van der Waals surface area contributed by atoms with Gasteiger partial charge < -0.3 is 9.53 Å². The number of aldehydes is 1. The molecule has 15 heavy (non-hydrogen) atoms. The van der Waals surface area contributed by atoms with Crippen LogP contribution in [0.2, 0.25) is 5.02 Å². The first-order chi connectivity index (χ1) is 7.19. The second kappa shape index (κ2) is 5.51. The molecule has 0 heterocycles. The van der Waals surface area contributed by atoms with Crippen LogP contribution in [0.5, 0.6) is 0 Å². The minimum absolute atomic E-state index is 0.393. The third kappa shape index (κ3) is 3.06. The van der Waals surface area contributed by atoms with E-state index in [9.17, 15) is 9.59 Å². The predicted octanol–water partition coefficient (Wildman–Crippen LogP) is 2.26.